The molecule has 232 valence electrons. The van der Waals surface area contributed by atoms with Crippen LogP contribution in [0.2, 0.25) is 0 Å². The van der Waals surface area contributed by atoms with Gasteiger partial charge in [-0.3, -0.25) is 0 Å². The van der Waals surface area contributed by atoms with Gasteiger partial charge in [0, 0.05) is 33.4 Å². The van der Waals surface area contributed by atoms with Gasteiger partial charge in [0.25, 0.3) is 0 Å². The van der Waals surface area contributed by atoms with Crippen LogP contribution >= 0.6 is 0 Å². The maximum absolute atomic E-state index is 2.46. The molecule has 2 aliphatic rings. The van der Waals surface area contributed by atoms with E-state index < -0.39 is 0 Å². The number of hydrogen-bond acceptors (Lipinski definition) is 1. The van der Waals surface area contributed by atoms with Crippen LogP contribution in [-0.2, 0) is 0 Å². The number of para-hydroxylation sites is 3. The summed E-state index contributed by atoms with van der Waals surface area (Å²) in [6.07, 6.45) is 0. The van der Waals surface area contributed by atoms with Gasteiger partial charge < -0.3 is 9.47 Å². The van der Waals surface area contributed by atoms with Crippen molar-refractivity contribution in [3.63, 3.8) is 0 Å². The van der Waals surface area contributed by atoms with Crippen LogP contribution in [0, 0.1) is 0 Å². The molecule has 9 aromatic rings. The number of benzene rings is 8. The van der Waals surface area contributed by atoms with Crippen molar-refractivity contribution >= 4 is 38.9 Å². The Kier molecular flexibility index (Phi) is 5.70. The molecule has 6 bridgehead atoms. The van der Waals surface area contributed by atoms with E-state index in [1.165, 1.54) is 77.4 Å². The molecule has 0 fully saturated rings. The van der Waals surface area contributed by atoms with E-state index in [-0.39, 0.29) is 0 Å². The van der Waals surface area contributed by atoms with E-state index in [0.717, 1.165) is 22.7 Å². The summed E-state index contributed by atoms with van der Waals surface area (Å²) in [6, 6.07) is 66.8. The van der Waals surface area contributed by atoms with Gasteiger partial charge in [-0.15, -0.1) is 0 Å². The number of hydrogen-bond donors (Lipinski definition) is 0. The highest BCUT2D eigenvalue weighted by Crippen LogP contribution is 2.59. The van der Waals surface area contributed by atoms with Gasteiger partial charge in [-0.1, -0.05) is 133 Å². The molecule has 0 saturated heterocycles. The third-order valence-electron chi connectivity index (χ3n) is 10.7. The van der Waals surface area contributed by atoms with E-state index in [4.69, 9.17) is 0 Å². The van der Waals surface area contributed by atoms with Crippen LogP contribution in [0.15, 0.2) is 182 Å². The first-order valence-electron chi connectivity index (χ1n) is 17.3. The summed E-state index contributed by atoms with van der Waals surface area (Å²) in [4.78, 5) is 2.46. The summed E-state index contributed by atoms with van der Waals surface area (Å²) in [6.45, 7) is 0. The standard InChI is InChI=1S/C48H30N2/c1-3-14-31(15-4-1)49(33-28-29-36-35-19-9-10-26-43(35)50(45(36)30-33)32-16-5-2-6-17-32)44-27-13-25-42-47-38-21-11-22-39(47)40-23-12-24-41(48(42)44)46(40)37-20-8-7-18-34(37)38/h1-30H. The molecule has 0 unspecified atom stereocenters. The van der Waals surface area contributed by atoms with Crippen LogP contribution in [0.5, 0.6) is 0 Å². The number of aromatic nitrogens is 1. The molecule has 2 aliphatic carbocycles. The molecule has 11 rings (SSSR count). The molecule has 50 heavy (non-hydrogen) atoms. The van der Waals surface area contributed by atoms with E-state index in [9.17, 15) is 0 Å². The second-order valence-electron chi connectivity index (χ2n) is 13.3. The predicted octanol–water partition coefficient (Wildman–Crippen LogP) is 13.2. The van der Waals surface area contributed by atoms with Gasteiger partial charge in [0.1, 0.15) is 0 Å². The molecule has 0 radical (unpaired) electrons. The minimum absolute atomic E-state index is 1.12. The molecule has 0 amide bonds. The predicted molar refractivity (Wildman–Crippen MR) is 210 cm³/mol. The summed E-state index contributed by atoms with van der Waals surface area (Å²) in [5, 5.41) is 2.50. The number of fused-ring (bicyclic) bond motifs is 7. The third-order valence-corrected chi connectivity index (χ3v) is 10.7. The number of nitrogens with zero attached hydrogens (tertiary/aromatic N) is 2. The summed E-state index contributed by atoms with van der Waals surface area (Å²) >= 11 is 0. The first kappa shape index (κ1) is 27.3. The summed E-state index contributed by atoms with van der Waals surface area (Å²) in [5.41, 5.74) is 19.8. The number of rotatable bonds is 4. The summed E-state index contributed by atoms with van der Waals surface area (Å²) in [7, 11) is 0. The lowest BCUT2D eigenvalue weighted by Gasteiger charge is -2.30. The minimum atomic E-state index is 1.12. The quantitative estimate of drug-likeness (QED) is 0.187. The van der Waals surface area contributed by atoms with Crippen LogP contribution in [0.4, 0.5) is 17.1 Å². The molecule has 0 spiro atoms. The molecule has 8 aromatic carbocycles. The Hall–Kier alpha value is -6.64. The maximum Gasteiger partial charge on any atom is 0.0561 e. The van der Waals surface area contributed by atoms with E-state index in [1.807, 2.05) is 0 Å². The highest BCUT2D eigenvalue weighted by molar-refractivity contribution is 6.17. The fourth-order valence-corrected chi connectivity index (χ4v) is 8.68. The van der Waals surface area contributed by atoms with Gasteiger partial charge in [-0.25, -0.2) is 0 Å². The van der Waals surface area contributed by atoms with E-state index >= 15 is 0 Å². The van der Waals surface area contributed by atoms with Crippen molar-refractivity contribution in [2.24, 2.45) is 0 Å². The van der Waals surface area contributed by atoms with E-state index in [0.29, 0.717) is 0 Å². The SMILES string of the molecule is c1ccc(N(c2ccc3c4ccccc4n(-c4ccccc4)c3c2)c2cccc3c2-c2cccc4c2-c2ccccc2-c2cccc-4c2-3)cc1. The first-order chi connectivity index (χ1) is 24.8. The second kappa shape index (κ2) is 10.4. The summed E-state index contributed by atoms with van der Waals surface area (Å²) < 4.78 is 2.40. The fraction of sp³-hybridized carbons (Fsp3) is 0. The first-order valence-corrected chi connectivity index (χ1v) is 17.3. The van der Waals surface area contributed by atoms with Gasteiger partial charge in [0.05, 0.1) is 16.7 Å². The topological polar surface area (TPSA) is 8.17 Å². The fourth-order valence-electron chi connectivity index (χ4n) is 8.68. The summed E-state index contributed by atoms with van der Waals surface area (Å²) in [5.74, 6) is 0. The third kappa shape index (κ3) is 3.73. The van der Waals surface area contributed by atoms with Crippen molar-refractivity contribution in [1.29, 1.82) is 0 Å². The molecular formula is C48H30N2. The zero-order chi connectivity index (χ0) is 32.8. The van der Waals surface area contributed by atoms with Crippen molar-refractivity contribution in [2.75, 3.05) is 4.90 Å². The zero-order valence-corrected chi connectivity index (χ0v) is 27.2. The highest BCUT2D eigenvalue weighted by atomic mass is 15.1. The van der Waals surface area contributed by atoms with E-state index in [2.05, 4.69) is 191 Å². The van der Waals surface area contributed by atoms with E-state index in [1.54, 1.807) is 0 Å². The molecule has 2 nitrogen and oxygen atoms in total. The van der Waals surface area contributed by atoms with Crippen molar-refractivity contribution in [3.05, 3.63) is 182 Å². The Labute approximate surface area is 290 Å². The Morgan fingerprint density at radius 3 is 1.64 bits per heavy atom. The second-order valence-corrected chi connectivity index (χ2v) is 13.3. The van der Waals surface area contributed by atoms with Crippen molar-refractivity contribution in [3.8, 4) is 61.3 Å². The Morgan fingerprint density at radius 1 is 0.320 bits per heavy atom. The van der Waals surface area contributed by atoms with Crippen molar-refractivity contribution in [1.82, 2.24) is 4.57 Å². The normalized spacial score (nSPS) is 12.0. The lowest BCUT2D eigenvalue weighted by molar-refractivity contribution is 1.18. The largest absolute Gasteiger partial charge is 0.310 e. The van der Waals surface area contributed by atoms with Gasteiger partial charge >= 0.3 is 0 Å². The maximum atomic E-state index is 2.46. The lowest BCUT2D eigenvalue weighted by Crippen LogP contribution is -2.12. The Morgan fingerprint density at radius 2 is 0.860 bits per heavy atom. The van der Waals surface area contributed by atoms with Crippen LogP contribution in [0.3, 0.4) is 0 Å². The van der Waals surface area contributed by atoms with Gasteiger partial charge in [0.2, 0.25) is 0 Å². The molecule has 1 heterocycles. The van der Waals surface area contributed by atoms with Crippen LogP contribution in [-0.4, -0.2) is 4.57 Å². The van der Waals surface area contributed by atoms with Gasteiger partial charge in [-0.05, 0) is 98.6 Å². The molecule has 1 aromatic heterocycles. The van der Waals surface area contributed by atoms with Gasteiger partial charge in [0.15, 0.2) is 0 Å². The molecule has 2 heteroatoms. The average molecular weight is 635 g/mol. The molecule has 0 N–H and O–H groups in total. The minimum Gasteiger partial charge on any atom is -0.310 e. The molecule has 0 atom stereocenters. The molecule has 0 aliphatic heterocycles. The Bertz CT molecular complexity index is 2780. The smallest absolute Gasteiger partial charge is 0.0561 e. The van der Waals surface area contributed by atoms with Crippen LogP contribution in [0.1, 0.15) is 0 Å². The van der Waals surface area contributed by atoms with Crippen LogP contribution < -0.4 is 4.90 Å². The van der Waals surface area contributed by atoms with Crippen LogP contribution in [0.25, 0.3) is 83.1 Å². The Balaban J connectivity index is 1.24. The van der Waals surface area contributed by atoms with Crippen molar-refractivity contribution in [2.45, 2.75) is 0 Å². The van der Waals surface area contributed by atoms with Crippen molar-refractivity contribution < 1.29 is 0 Å². The highest BCUT2D eigenvalue weighted by Gasteiger charge is 2.33. The molecular weight excluding hydrogens is 605 g/mol. The van der Waals surface area contributed by atoms with Gasteiger partial charge in [-0.2, -0.15) is 0 Å². The lowest BCUT2D eigenvalue weighted by atomic mass is 9.83. The zero-order valence-electron chi connectivity index (χ0n) is 27.2. The molecule has 0 saturated carbocycles. The number of anilines is 3. The monoisotopic (exact) mass is 634 g/mol. The average Bonchev–Trinajstić information content (AvgIpc) is 3.45.